The highest BCUT2D eigenvalue weighted by molar-refractivity contribution is 6.22. The molecule has 1 aliphatic carbocycles. The number of hydrogen-bond acceptors (Lipinski definition) is 11. The average molecular weight is 692 g/mol. The van der Waals surface area contributed by atoms with Gasteiger partial charge in [-0.2, -0.15) is 0 Å². The van der Waals surface area contributed by atoms with E-state index in [1.165, 1.54) is 21.3 Å². The molecule has 1 fully saturated rings. The maximum Gasteiger partial charge on any atom is 0.330 e. The normalized spacial score (nSPS) is 21.7. The van der Waals surface area contributed by atoms with Gasteiger partial charge in [0.2, 0.25) is 12.5 Å². The summed E-state index contributed by atoms with van der Waals surface area (Å²) in [5, 5.41) is 0. The topological polar surface area (TPSA) is 136 Å². The van der Waals surface area contributed by atoms with Gasteiger partial charge in [0.1, 0.15) is 12.1 Å². The number of ether oxygens (including phenoxy) is 7. The largest absolute Gasteiger partial charge is 0.493 e. The van der Waals surface area contributed by atoms with Gasteiger partial charge in [-0.05, 0) is 53.1 Å². The summed E-state index contributed by atoms with van der Waals surface area (Å²) in [6.07, 6.45) is -0.992. The molecule has 3 aliphatic heterocycles. The number of cyclic esters (lactones) is 1. The van der Waals surface area contributed by atoms with E-state index in [1.54, 1.807) is 48.5 Å². The van der Waals surface area contributed by atoms with Crippen molar-refractivity contribution in [2.45, 2.75) is 24.5 Å². The summed E-state index contributed by atoms with van der Waals surface area (Å²) in [6.45, 7) is -0.0437. The Bertz CT molecular complexity index is 2020. The first-order chi connectivity index (χ1) is 24.8. The van der Waals surface area contributed by atoms with Crippen molar-refractivity contribution in [3.05, 3.63) is 112 Å². The van der Waals surface area contributed by atoms with Crippen molar-refractivity contribution in [2.24, 2.45) is 11.8 Å². The highest BCUT2D eigenvalue weighted by Gasteiger charge is 2.55. The van der Waals surface area contributed by atoms with Gasteiger partial charge in [0.05, 0.1) is 45.0 Å². The Morgan fingerprint density at radius 2 is 1.39 bits per heavy atom. The van der Waals surface area contributed by atoms with E-state index in [0.717, 1.165) is 10.5 Å². The maximum absolute atomic E-state index is 14.6. The van der Waals surface area contributed by atoms with Gasteiger partial charge in [-0.25, -0.2) is 4.79 Å². The molecule has 4 aliphatic rings. The second-order valence-corrected chi connectivity index (χ2v) is 12.7. The standard InChI is InChI=1S/C39H33NO11/c1-45-30-14-21(15-31(46-2)35(30)47-3)32-24-16-28-29(50-19-49-28)17-25(24)34(26-18-48-39(44)33(26)32)51-38(43)27(13-20-9-5-4-6-10-20)40-36(41)22-11-7-8-12-23(22)37(40)42/h4-12,14-17,26-27,32-34H,13,18-19H2,1-3H3/t26-,27-,32?,33-,34-/m0/s1. The lowest BCUT2D eigenvalue weighted by molar-refractivity contribution is -0.159. The predicted octanol–water partition coefficient (Wildman–Crippen LogP) is 4.87. The summed E-state index contributed by atoms with van der Waals surface area (Å²) in [4.78, 5) is 56.6. The molecule has 0 aromatic heterocycles. The summed E-state index contributed by atoms with van der Waals surface area (Å²) in [5.74, 6) is -2.38. The number of carbonyl (C=O) groups is 4. The van der Waals surface area contributed by atoms with Gasteiger partial charge < -0.3 is 33.2 Å². The van der Waals surface area contributed by atoms with Crippen molar-refractivity contribution >= 4 is 23.8 Å². The van der Waals surface area contributed by atoms with Crippen LogP contribution < -0.4 is 23.7 Å². The summed E-state index contributed by atoms with van der Waals surface area (Å²) in [6, 6.07) is 21.4. The van der Waals surface area contributed by atoms with E-state index in [2.05, 4.69) is 0 Å². The number of hydrogen-bond donors (Lipinski definition) is 0. The van der Waals surface area contributed by atoms with Crippen LogP contribution >= 0.6 is 0 Å². The van der Waals surface area contributed by atoms with Crippen LogP contribution in [0.15, 0.2) is 78.9 Å². The molecule has 0 radical (unpaired) electrons. The fourth-order valence-corrected chi connectivity index (χ4v) is 7.76. The zero-order valence-corrected chi connectivity index (χ0v) is 28.0. The number of carbonyl (C=O) groups excluding carboxylic acids is 4. The van der Waals surface area contributed by atoms with Crippen molar-refractivity contribution in [2.75, 3.05) is 34.7 Å². The van der Waals surface area contributed by atoms with E-state index in [4.69, 9.17) is 33.2 Å². The molecule has 51 heavy (non-hydrogen) atoms. The SMILES string of the molecule is COc1cc(C2c3cc4c(cc3[C@H](OC(=O)[C@H](Cc3ccccc3)N3C(=O)c5ccccc5C3=O)[C@H]3COC(=O)[C@H]23)OCO4)cc(OC)c1OC. The number of esters is 2. The lowest BCUT2D eigenvalue weighted by atomic mass is 9.66. The number of fused-ring (bicyclic) bond motifs is 4. The molecule has 260 valence electrons. The molecule has 5 atom stereocenters. The number of nitrogens with zero attached hydrogens (tertiary/aromatic N) is 1. The molecule has 12 heteroatoms. The molecule has 1 saturated heterocycles. The van der Waals surface area contributed by atoms with Crippen LogP contribution in [0.1, 0.15) is 55.0 Å². The van der Waals surface area contributed by atoms with Crippen LogP contribution in [0.3, 0.4) is 0 Å². The van der Waals surface area contributed by atoms with Crippen LogP contribution in [0.4, 0.5) is 0 Å². The molecule has 1 unspecified atom stereocenters. The molecule has 2 amide bonds. The molecule has 0 saturated carbocycles. The second kappa shape index (κ2) is 12.7. The fraction of sp³-hybridized carbons (Fsp3) is 0.282. The van der Waals surface area contributed by atoms with E-state index in [0.29, 0.717) is 45.4 Å². The first kappa shape index (κ1) is 32.2. The minimum absolute atomic E-state index is 0.00861. The Morgan fingerprint density at radius 3 is 2.00 bits per heavy atom. The summed E-state index contributed by atoms with van der Waals surface area (Å²) in [7, 11) is 4.53. The highest BCUT2D eigenvalue weighted by atomic mass is 16.7. The number of benzene rings is 4. The van der Waals surface area contributed by atoms with Crippen molar-refractivity contribution in [3.8, 4) is 28.7 Å². The van der Waals surface area contributed by atoms with Gasteiger partial charge in [-0.1, -0.05) is 42.5 Å². The molecule has 4 aromatic rings. The first-order valence-corrected chi connectivity index (χ1v) is 16.4. The number of amides is 2. The third-order valence-corrected chi connectivity index (χ3v) is 10.1. The fourth-order valence-electron chi connectivity index (χ4n) is 7.76. The van der Waals surface area contributed by atoms with Crippen LogP contribution in [-0.2, 0) is 25.5 Å². The third-order valence-electron chi connectivity index (χ3n) is 10.1. The molecule has 4 aromatic carbocycles. The number of methoxy groups -OCH3 is 3. The minimum atomic E-state index is -1.30. The summed E-state index contributed by atoms with van der Waals surface area (Å²) < 4.78 is 40.5. The quantitative estimate of drug-likeness (QED) is 0.176. The number of rotatable bonds is 9. The van der Waals surface area contributed by atoms with Gasteiger partial charge in [-0.3, -0.25) is 19.3 Å². The molecule has 0 bridgehead atoms. The van der Waals surface area contributed by atoms with Gasteiger partial charge in [0, 0.05) is 23.8 Å². The minimum Gasteiger partial charge on any atom is -0.493 e. The van der Waals surface area contributed by atoms with Crippen molar-refractivity contribution in [1.29, 1.82) is 0 Å². The van der Waals surface area contributed by atoms with Crippen LogP contribution in [-0.4, -0.2) is 69.4 Å². The Labute approximate surface area is 292 Å². The molecular weight excluding hydrogens is 658 g/mol. The average Bonchev–Trinajstić information content (AvgIpc) is 3.85. The number of imide groups is 1. The highest BCUT2D eigenvalue weighted by Crippen LogP contribution is 2.56. The van der Waals surface area contributed by atoms with E-state index in [-0.39, 0.29) is 30.9 Å². The summed E-state index contributed by atoms with van der Waals surface area (Å²) in [5.41, 5.74) is 3.05. The van der Waals surface area contributed by atoms with Gasteiger partial charge in [-0.15, -0.1) is 0 Å². The molecule has 0 N–H and O–H groups in total. The van der Waals surface area contributed by atoms with Crippen molar-refractivity contribution in [3.63, 3.8) is 0 Å². The van der Waals surface area contributed by atoms with E-state index >= 15 is 0 Å². The van der Waals surface area contributed by atoms with E-state index in [9.17, 15) is 19.2 Å². The Kier molecular flexibility index (Phi) is 8.01. The van der Waals surface area contributed by atoms with Crippen LogP contribution in [0.5, 0.6) is 28.7 Å². The van der Waals surface area contributed by atoms with Crippen LogP contribution in [0.2, 0.25) is 0 Å². The van der Waals surface area contributed by atoms with Gasteiger partial charge in [0.15, 0.2) is 23.0 Å². The lowest BCUT2D eigenvalue weighted by Crippen LogP contribution is -2.48. The Balaban J connectivity index is 1.23. The van der Waals surface area contributed by atoms with E-state index < -0.39 is 53.7 Å². The van der Waals surface area contributed by atoms with Gasteiger partial charge in [0.25, 0.3) is 11.8 Å². The zero-order valence-electron chi connectivity index (χ0n) is 28.0. The third kappa shape index (κ3) is 5.20. The zero-order chi connectivity index (χ0) is 35.4. The Morgan fingerprint density at radius 1 is 0.784 bits per heavy atom. The monoisotopic (exact) mass is 691 g/mol. The van der Waals surface area contributed by atoms with Crippen LogP contribution in [0.25, 0.3) is 0 Å². The molecule has 0 spiro atoms. The van der Waals surface area contributed by atoms with Crippen LogP contribution in [0, 0.1) is 11.8 Å². The lowest BCUT2D eigenvalue weighted by Gasteiger charge is -2.39. The molecule has 3 heterocycles. The summed E-state index contributed by atoms with van der Waals surface area (Å²) >= 11 is 0. The smallest absolute Gasteiger partial charge is 0.330 e. The van der Waals surface area contributed by atoms with Crippen molar-refractivity contribution < 1.29 is 52.3 Å². The Hall–Kier alpha value is -6.04. The van der Waals surface area contributed by atoms with Crippen molar-refractivity contribution in [1.82, 2.24) is 4.90 Å². The predicted molar refractivity (Wildman–Crippen MR) is 178 cm³/mol. The molecule has 12 nitrogen and oxygen atoms in total. The second-order valence-electron chi connectivity index (χ2n) is 12.7. The maximum atomic E-state index is 14.6. The first-order valence-electron chi connectivity index (χ1n) is 16.4. The van der Waals surface area contributed by atoms with E-state index in [1.807, 2.05) is 30.3 Å². The molecule has 8 rings (SSSR count). The van der Waals surface area contributed by atoms with Gasteiger partial charge >= 0.3 is 11.9 Å². The molecular formula is C39H33NO11.